The van der Waals surface area contributed by atoms with Crippen molar-refractivity contribution in [2.45, 2.75) is 13.1 Å². The summed E-state index contributed by atoms with van der Waals surface area (Å²) in [6, 6.07) is 17.0. The van der Waals surface area contributed by atoms with Crippen LogP contribution in [0.5, 0.6) is 5.75 Å². The number of amides is 2. The molecule has 0 fully saturated rings. The zero-order chi connectivity index (χ0) is 16.5. The lowest BCUT2D eigenvalue weighted by atomic mass is 10.2. The summed E-state index contributed by atoms with van der Waals surface area (Å²) in [5.41, 5.74) is 1.93. The van der Waals surface area contributed by atoms with Crippen molar-refractivity contribution in [3.63, 3.8) is 0 Å². The van der Waals surface area contributed by atoms with Crippen molar-refractivity contribution in [3.8, 4) is 5.75 Å². The predicted octanol–water partition coefficient (Wildman–Crippen LogP) is 2.40. The fourth-order valence-corrected chi connectivity index (χ4v) is 2.30. The molecule has 0 heterocycles. The fraction of sp³-hybridized carbons (Fsp3) is 0.278. The minimum absolute atomic E-state index is 0.0894. The third-order valence-corrected chi connectivity index (χ3v) is 3.50. The lowest BCUT2D eigenvalue weighted by Gasteiger charge is -2.23. The predicted molar refractivity (Wildman–Crippen MR) is 89.2 cm³/mol. The number of rotatable bonds is 7. The van der Waals surface area contributed by atoms with E-state index in [0.29, 0.717) is 13.1 Å². The van der Waals surface area contributed by atoms with Gasteiger partial charge in [-0.25, -0.2) is 4.79 Å². The molecule has 2 aromatic carbocycles. The van der Waals surface area contributed by atoms with E-state index in [4.69, 9.17) is 4.74 Å². The van der Waals surface area contributed by atoms with Gasteiger partial charge in [-0.1, -0.05) is 48.5 Å². The van der Waals surface area contributed by atoms with Crippen LogP contribution in [0.2, 0.25) is 0 Å². The molecule has 0 bridgehead atoms. The van der Waals surface area contributed by atoms with Gasteiger partial charge in [0.15, 0.2) is 0 Å². The maximum absolute atomic E-state index is 12.4. The standard InChI is InChI=1S/C18H22N2O3/c1-23-17-10-6-5-9-16(17)14-20(11-12-21)18(22)19-13-15-7-3-2-4-8-15/h2-10,21H,11-14H2,1H3,(H,19,22). The van der Waals surface area contributed by atoms with Crippen LogP contribution >= 0.6 is 0 Å². The van der Waals surface area contributed by atoms with Crippen molar-refractivity contribution in [2.24, 2.45) is 0 Å². The second-order valence-electron chi connectivity index (χ2n) is 5.10. The second-order valence-corrected chi connectivity index (χ2v) is 5.10. The molecule has 0 aliphatic carbocycles. The van der Waals surface area contributed by atoms with Gasteiger partial charge in [-0.3, -0.25) is 0 Å². The summed E-state index contributed by atoms with van der Waals surface area (Å²) in [6.07, 6.45) is 0. The van der Waals surface area contributed by atoms with Crippen LogP contribution in [0.15, 0.2) is 54.6 Å². The molecule has 5 nitrogen and oxygen atoms in total. The molecule has 0 saturated carbocycles. The van der Waals surface area contributed by atoms with Crippen LogP contribution in [-0.4, -0.2) is 36.3 Å². The number of benzene rings is 2. The molecule has 0 aliphatic heterocycles. The van der Waals surface area contributed by atoms with E-state index in [1.807, 2.05) is 54.6 Å². The number of carbonyl (C=O) groups is 1. The highest BCUT2D eigenvalue weighted by Gasteiger charge is 2.15. The smallest absolute Gasteiger partial charge is 0.318 e. The van der Waals surface area contributed by atoms with Gasteiger partial charge >= 0.3 is 6.03 Å². The Morgan fingerprint density at radius 1 is 1.13 bits per heavy atom. The summed E-state index contributed by atoms with van der Waals surface area (Å²) in [7, 11) is 1.60. The van der Waals surface area contributed by atoms with Crippen LogP contribution in [-0.2, 0) is 13.1 Å². The van der Waals surface area contributed by atoms with E-state index >= 15 is 0 Å². The van der Waals surface area contributed by atoms with E-state index in [2.05, 4.69) is 5.32 Å². The molecule has 0 saturated heterocycles. The SMILES string of the molecule is COc1ccccc1CN(CCO)C(=O)NCc1ccccc1. The molecule has 23 heavy (non-hydrogen) atoms. The number of carbonyl (C=O) groups excluding carboxylic acids is 1. The van der Waals surface area contributed by atoms with Gasteiger partial charge in [-0.15, -0.1) is 0 Å². The number of nitrogens with one attached hydrogen (secondary N) is 1. The van der Waals surface area contributed by atoms with Crippen molar-refractivity contribution in [2.75, 3.05) is 20.3 Å². The molecule has 0 unspecified atom stereocenters. The fourth-order valence-electron chi connectivity index (χ4n) is 2.30. The van der Waals surface area contributed by atoms with E-state index in [0.717, 1.165) is 16.9 Å². The summed E-state index contributed by atoms with van der Waals surface area (Å²) in [6.45, 7) is 1.01. The first-order chi connectivity index (χ1) is 11.2. The minimum Gasteiger partial charge on any atom is -0.496 e. The van der Waals surface area contributed by atoms with Crippen LogP contribution in [0.1, 0.15) is 11.1 Å². The normalized spacial score (nSPS) is 10.2. The Balaban J connectivity index is 2.00. The summed E-state index contributed by atoms with van der Waals surface area (Å²) < 4.78 is 5.31. The number of nitrogens with zero attached hydrogens (tertiary/aromatic N) is 1. The average Bonchev–Trinajstić information content (AvgIpc) is 2.60. The summed E-state index contributed by atoms with van der Waals surface area (Å²) in [5.74, 6) is 0.728. The maximum atomic E-state index is 12.4. The molecule has 2 aromatic rings. The van der Waals surface area contributed by atoms with Gasteiger partial charge < -0.3 is 20.1 Å². The van der Waals surface area contributed by atoms with Gasteiger partial charge in [0.2, 0.25) is 0 Å². The van der Waals surface area contributed by atoms with Crippen LogP contribution < -0.4 is 10.1 Å². The Labute approximate surface area is 136 Å². The minimum atomic E-state index is -0.214. The topological polar surface area (TPSA) is 61.8 Å². The van der Waals surface area contributed by atoms with Crippen molar-refractivity contribution in [3.05, 3.63) is 65.7 Å². The third kappa shape index (κ3) is 5.00. The zero-order valence-corrected chi connectivity index (χ0v) is 13.2. The third-order valence-electron chi connectivity index (χ3n) is 3.50. The lowest BCUT2D eigenvalue weighted by Crippen LogP contribution is -2.40. The highest BCUT2D eigenvalue weighted by Crippen LogP contribution is 2.19. The van der Waals surface area contributed by atoms with Crippen LogP contribution in [0.4, 0.5) is 4.79 Å². The van der Waals surface area contributed by atoms with Crippen LogP contribution in [0.25, 0.3) is 0 Å². The van der Waals surface area contributed by atoms with Crippen LogP contribution in [0.3, 0.4) is 0 Å². The second kappa shape index (κ2) is 8.80. The zero-order valence-electron chi connectivity index (χ0n) is 13.2. The Kier molecular flexibility index (Phi) is 6.44. The number of hydrogen-bond donors (Lipinski definition) is 2. The van der Waals surface area contributed by atoms with E-state index in [1.54, 1.807) is 12.0 Å². The largest absolute Gasteiger partial charge is 0.496 e. The van der Waals surface area contributed by atoms with E-state index in [9.17, 15) is 9.90 Å². The first-order valence-corrected chi connectivity index (χ1v) is 7.54. The Bertz CT molecular complexity index is 617. The van der Waals surface area contributed by atoms with Crippen molar-refractivity contribution >= 4 is 6.03 Å². The lowest BCUT2D eigenvalue weighted by molar-refractivity contribution is 0.173. The first kappa shape index (κ1) is 16.8. The van der Waals surface area contributed by atoms with Gasteiger partial charge in [0, 0.05) is 18.7 Å². The van der Waals surface area contributed by atoms with Gasteiger partial charge in [-0.05, 0) is 11.6 Å². The Morgan fingerprint density at radius 2 is 1.83 bits per heavy atom. The number of hydrogen-bond acceptors (Lipinski definition) is 3. The number of urea groups is 1. The van der Waals surface area contributed by atoms with E-state index < -0.39 is 0 Å². The molecule has 0 atom stereocenters. The molecule has 0 spiro atoms. The molecule has 2 rings (SSSR count). The monoisotopic (exact) mass is 314 g/mol. The van der Waals surface area contributed by atoms with E-state index in [-0.39, 0.29) is 19.2 Å². The molecular weight excluding hydrogens is 292 g/mol. The molecule has 0 radical (unpaired) electrons. The number of ether oxygens (including phenoxy) is 1. The number of aliphatic hydroxyl groups excluding tert-OH is 1. The number of para-hydroxylation sites is 1. The van der Waals surface area contributed by atoms with Gasteiger partial charge in [0.25, 0.3) is 0 Å². The molecule has 2 N–H and O–H groups in total. The molecule has 5 heteroatoms. The average molecular weight is 314 g/mol. The first-order valence-electron chi connectivity index (χ1n) is 7.54. The van der Waals surface area contributed by atoms with Crippen LogP contribution in [0, 0.1) is 0 Å². The summed E-state index contributed by atoms with van der Waals surface area (Å²) >= 11 is 0. The van der Waals surface area contributed by atoms with E-state index in [1.165, 1.54) is 0 Å². The number of aliphatic hydroxyl groups is 1. The number of methoxy groups -OCH3 is 1. The molecule has 0 aliphatic rings. The highest BCUT2D eigenvalue weighted by molar-refractivity contribution is 5.74. The molecular formula is C18H22N2O3. The summed E-state index contributed by atoms with van der Waals surface area (Å²) in [4.78, 5) is 13.9. The van der Waals surface area contributed by atoms with Crippen molar-refractivity contribution in [1.29, 1.82) is 0 Å². The molecule has 2 amide bonds. The Hall–Kier alpha value is -2.53. The summed E-state index contributed by atoms with van der Waals surface area (Å²) in [5, 5.41) is 12.1. The molecule has 0 aromatic heterocycles. The highest BCUT2D eigenvalue weighted by atomic mass is 16.5. The van der Waals surface area contributed by atoms with Gasteiger partial charge in [-0.2, -0.15) is 0 Å². The quantitative estimate of drug-likeness (QED) is 0.825. The van der Waals surface area contributed by atoms with Crippen molar-refractivity contribution < 1.29 is 14.6 Å². The van der Waals surface area contributed by atoms with Gasteiger partial charge in [0.05, 0.1) is 20.3 Å². The van der Waals surface area contributed by atoms with Crippen molar-refractivity contribution in [1.82, 2.24) is 10.2 Å². The molecule has 122 valence electrons. The maximum Gasteiger partial charge on any atom is 0.318 e. The van der Waals surface area contributed by atoms with Gasteiger partial charge in [0.1, 0.15) is 5.75 Å². The Morgan fingerprint density at radius 3 is 2.52 bits per heavy atom.